The molecule has 3 aromatic rings. The topological polar surface area (TPSA) is 109 Å². The van der Waals surface area contributed by atoms with Crippen molar-refractivity contribution in [2.24, 2.45) is 5.92 Å². The van der Waals surface area contributed by atoms with Crippen LogP contribution in [0.4, 0.5) is 19.6 Å². The number of halogens is 2. The summed E-state index contributed by atoms with van der Waals surface area (Å²) in [6, 6.07) is 2.65. The molecule has 1 saturated heterocycles. The van der Waals surface area contributed by atoms with Crippen LogP contribution in [0.15, 0.2) is 29.3 Å². The van der Waals surface area contributed by atoms with Gasteiger partial charge in [0.25, 0.3) is 5.56 Å². The zero-order valence-corrected chi connectivity index (χ0v) is 17.9. The molecule has 0 unspecified atom stereocenters. The quantitative estimate of drug-likeness (QED) is 0.598. The van der Waals surface area contributed by atoms with Gasteiger partial charge in [-0.15, -0.1) is 0 Å². The Morgan fingerprint density at radius 1 is 1.25 bits per heavy atom. The van der Waals surface area contributed by atoms with Crippen molar-refractivity contribution in [1.82, 2.24) is 19.9 Å². The number of hydrogen-bond donors (Lipinski definition) is 2. The second-order valence-corrected chi connectivity index (χ2v) is 8.41. The van der Waals surface area contributed by atoms with Gasteiger partial charge in [-0.1, -0.05) is 11.3 Å². The van der Waals surface area contributed by atoms with Crippen LogP contribution in [0.1, 0.15) is 12.8 Å². The van der Waals surface area contributed by atoms with E-state index in [1.807, 2.05) is 4.90 Å². The van der Waals surface area contributed by atoms with Gasteiger partial charge in [-0.25, -0.2) is 13.8 Å². The Labute approximate surface area is 185 Å². The summed E-state index contributed by atoms with van der Waals surface area (Å²) >= 11 is 1.16. The SMILES string of the molecule is CNC(=O)[C@@H]1CCCN(c2nc3ncn(CC(=O)Nc4cc(F)cc(F)c4)c(=O)c3s2)C1. The zero-order valence-electron chi connectivity index (χ0n) is 17.1. The van der Waals surface area contributed by atoms with Crippen molar-refractivity contribution in [2.45, 2.75) is 19.4 Å². The molecule has 1 atom stereocenters. The fourth-order valence-corrected chi connectivity index (χ4v) is 4.64. The maximum Gasteiger partial charge on any atom is 0.273 e. The molecule has 9 nitrogen and oxygen atoms in total. The summed E-state index contributed by atoms with van der Waals surface area (Å²) in [5, 5.41) is 5.62. The first-order valence-corrected chi connectivity index (χ1v) is 10.7. The molecule has 2 aromatic heterocycles. The normalized spacial score (nSPS) is 16.2. The van der Waals surface area contributed by atoms with E-state index in [9.17, 15) is 23.2 Å². The molecule has 1 aliphatic heterocycles. The lowest BCUT2D eigenvalue weighted by Crippen LogP contribution is -2.42. The van der Waals surface area contributed by atoms with Gasteiger partial charge in [0, 0.05) is 31.9 Å². The maximum absolute atomic E-state index is 13.3. The lowest BCUT2D eigenvalue weighted by molar-refractivity contribution is -0.124. The highest BCUT2D eigenvalue weighted by molar-refractivity contribution is 7.22. The number of rotatable bonds is 5. The Hall–Kier alpha value is -3.41. The van der Waals surface area contributed by atoms with Crippen molar-refractivity contribution < 1.29 is 18.4 Å². The average molecular weight is 462 g/mol. The van der Waals surface area contributed by atoms with Gasteiger partial charge in [0.15, 0.2) is 10.8 Å². The van der Waals surface area contributed by atoms with Crippen LogP contribution in [0.3, 0.4) is 0 Å². The lowest BCUT2D eigenvalue weighted by Gasteiger charge is -2.31. The van der Waals surface area contributed by atoms with E-state index in [0.29, 0.717) is 24.3 Å². The molecule has 32 heavy (non-hydrogen) atoms. The number of nitrogens with one attached hydrogen (secondary N) is 2. The summed E-state index contributed by atoms with van der Waals surface area (Å²) in [6.07, 6.45) is 2.83. The van der Waals surface area contributed by atoms with Crippen LogP contribution in [-0.2, 0) is 16.1 Å². The van der Waals surface area contributed by atoms with E-state index in [0.717, 1.165) is 40.9 Å². The van der Waals surface area contributed by atoms with Crippen molar-refractivity contribution in [3.63, 3.8) is 0 Å². The van der Waals surface area contributed by atoms with Crippen molar-refractivity contribution in [2.75, 3.05) is 30.4 Å². The highest BCUT2D eigenvalue weighted by Crippen LogP contribution is 2.29. The molecular formula is C20H20F2N6O3S. The number of thiazole rings is 1. The van der Waals surface area contributed by atoms with E-state index in [4.69, 9.17) is 0 Å². The highest BCUT2D eigenvalue weighted by Gasteiger charge is 2.27. The van der Waals surface area contributed by atoms with Crippen LogP contribution in [0, 0.1) is 17.6 Å². The smallest absolute Gasteiger partial charge is 0.273 e. The Kier molecular flexibility index (Phi) is 6.12. The van der Waals surface area contributed by atoms with Crippen molar-refractivity contribution in [3.05, 3.63) is 46.5 Å². The Morgan fingerprint density at radius 3 is 2.72 bits per heavy atom. The predicted octanol–water partition coefficient (Wildman–Crippen LogP) is 1.73. The number of piperidine rings is 1. The van der Waals surface area contributed by atoms with Gasteiger partial charge in [0.1, 0.15) is 29.2 Å². The average Bonchev–Trinajstić information content (AvgIpc) is 3.20. The van der Waals surface area contributed by atoms with Crippen LogP contribution in [-0.4, -0.2) is 46.5 Å². The molecule has 1 aliphatic rings. The van der Waals surface area contributed by atoms with Gasteiger partial charge >= 0.3 is 0 Å². The first kappa shape index (κ1) is 21.8. The fraction of sp³-hybridized carbons (Fsp3) is 0.350. The summed E-state index contributed by atoms with van der Waals surface area (Å²) in [4.78, 5) is 47.7. The molecule has 0 radical (unpaired) electrons. The number of nitrogens with zero attached hydrogens (tertiary/aromatic N) is 4. The number of fused-ring (bicyclic) bond motifs is 1. The van der Waals surface area contributed by atoms with Crippen molar-refractivity contribution in [3.8, 4) is 0 Å². The summed E-state index contributed by atoms with van der Waals surface area (Å²) in [6.45, 7) is 0.837. The van der Waals surface area contributed by atoms with Crippen LogP contribution in [0.2, 0.25) is 0 Å². The number of carbonyl (C=O) groups excluding carboxylic acids is 2. The molecule has 3 heterocycles. The third-order valence-electron chi connectivity index (χ3n) is 5.14. The summed E-state index contributed by atoms with van der Waals surface area (Å²) in [5.74, 6) is -2.46. The largest absolute Gasteiger partial charge is 0.359 e. The zero-order chi connectivity index (χ0) is 22.8. The van der Waals surface area contributed by atoms with Crippen molar-refractivity contribution >= 4 is 44.3 Å². The molecule has 0 saturated carbocycles. The Morgan fingerprint density at radius 2 is 2.00 bits per heavy atom. The molecule has 0 aliphatic carbocycles. The second-order valence-electron chi connectivity index (χ2n) is 7.43. The minimum atomic E-state index is -0.825. The number of amides is 2. The first-order valence-electron chi connectivity index (χ1n) is 9.92. The van der Waals surface area contributed by atoms with Crippen LogP contribution in [0.25, 0.3) is 10.3 Å². The van der Waals surface area contributed by atoms with E-state index in [2.05, 4.69) is 20.6 Å². The standard InChI is InChI=1S/C20H20F2N6O3S/c1-23-18(30)11-3-2-4-27(8-11)20-26-17-16(32-20)19(31)28(10-24-17)9-15(29)25-14-6-12(21)5-13(22)7-14/h5-7,10-11H,2-4,8-9H2,1H3,(H,23,30)(H,25,29)/t11-/m1/s1. The number of benzene rings is 1. The summed E-state index contributed by atoms with van der Waals surface area (Å²) in [5.41, 5.74) is -0.231. The van der Waals surface area contributed by atoms with Gasteiger partial charge < -0.3 is 15.5 Å². The highest BCUT2D eigenvalue weighted by atomic mass is 32.1. The van der Waals surface area contributed by atoms with E-state index in [1.54, 1.807) is 7.05 Å². The second kappa shape index (κ2) is 8.99. The molecule has 0 bridgehead atoms. The van der Waals surface area contributed by atoms with Gasteiger partial charge in [0.2, 0.25) is 11.8 Å². The fourth-order valence-electron chi connectivity index (χ4n) is 3.63. The molecule has 1 aromatic carbocycles. The van der Waals surface area contributed by atoms with Crippen LogP contribution in [0.5, 0.6) is 0 Å². The Bertz CT molecular complexity index is 1220. The molecular weight excluding hydrogens is 442 g/mol. The molecule has 2 N–H and O–H groups in total. The molecule has 168 valence electrons. The van der Waals surface area contributed by atoms with E-state index >= 15 is 0 Å². The van der Waals surface area contributed by atoms with Gasteiger partial charge in [-0.05, 0) is 25.0 Å². The molecule has 1 fully saturated rings. The Balaban J connectivity index is 1.52. The maximum atomic E-state index is 13.3. The number of anilines is 2. The molecule has 0 spiro atoms. The van der Waals surface area contributed by atoms with E-state index < -0.39 is 23.1 Å². The van der Waals surface area contributed by atoms with E-state index in [1.165, 1.54) is 6.33 Å². The van der Waals surface area contributed by atoms with Crippen LogP contribution < -0.4 is 21.1 Å². The summed E-state index contributed by atoms with van der Waals surface area (Å²) in [7, 11) is 1.60. The number of aromatic nitrogens is 3. The van der Waals surface area contributed by atoms with Crippen molar-refractivity contribution in [1.29, 1.82) is 0 Å². The third-order valence-corrected chi connectivity index (χ3v) is 6.24. The predicted molar refractivity (Wildman–Crippen MR) is 116 cm³/mol. The monoisotopic (exact) mass is 462 g/mol. The number of carbonyl (C=O) groups is 2. The minimum absolute atomic E-state index is 0.0273. The number of hydrogen-bond acceptors (Lipinski definition) is 7. The van der Waals surface area contributed by atoms with Crippen LogP contribution >= 0.6 is 11.3 Å². The summed E-state index contributed by atoms with van der Waals surface area (Å²) < 4.78 is 28.0. The first-order chi connectivity index (χ1) is 15.3. The molecule has 2 amide bonds. The molecule has 4 rings (SSSR count). The minimum Gasteiger partial charge on any atom is -0.359 e. The molecule has 12 heteroatoms. The van der Waals surface area contributed by atoms with Gasteiger partial charge in [-0.2, -0.15) is 4.98 Å². The lowest BCUT2D eigenvalue weighted by atomic mass is 9.98. The van der Waals surface area contributed by atoms with E-state index in [-0.39, 0.29) is 34.4 Å². The third kappa shape index (κ3) is 4.59. The van der Waals surface area contributed by atoms with Gasteiger partial charge in [-0.3, -0.25) is 19.0 Å². The van der Waals surface area contributed by atoms with Gasteiger partial charge in [0.05, 0.1) is 5.92 Å².